The van der Waals surface area contributed by atoms with Crippen molar-refractivity contribution < 1.29 is 27.9 Å². The van der Waals surface area contributed by atoms with Gasteiger partial charge in [0, 0.05) is 24.0 Å². The number of aliphatic carboxylic acids is 1. The number of alkyl halides is 3. The minimum absolute atomic E-state index is 0.0315. The molecule has 0 atom stereocenters. The zero-order valence-electron chi connectivity index (χ0n) is 16.1. The van der Waals surface area contributed by atoms with E-state index in [0.717, 1.165) is 27.6 Å². The van der Waals surface area contributed by atoms with Crippen LogP contribution in [0, 0.1) is 0 Å². The topological polar surface area (TPSA) is 91.3 Å². The largest absolute Gasteiger partial charge is 0.481 e. The molecule has 2 amide bonds. The number of amides is 2. The average Bonchev–Trinajstić information content (AvgIpc) is 3.16. The molecule has 0 aliphatic carbocycles. The predicted molar refractivity (Wildman–Crippen MR) is 112 cm³/mol. The normalized spacial score (nSPS) is 11.2. The minimum Gasteiger partial charge on any atom is -0.481 e. The molecule has 6 nitrogen and oxygen atoms in total. The van der Waals surface area contributed by atoms with Crippen molar-refractivity contribution in [3.8, 4) is 10.4 Å². The monoisotopic (exact) mass is 449 g/mol. The number of aryl methyl sites for hydroxylation is 1. The van der Waals surface area contributed by atoms with Crippen molar-refractivity contribution in [3.63, 3.8) is 0 Å². The fourth-order valence-electron chi connectivity index (χ4n) is 2.73. The van der Waals surface area contributed by atoms with E-state index < -0.39 is 23.7 Å². The highest BCUT2D eigenvalue weighted by Crippen LogP contribution is 2.31. The molecule has 2 aromatic carbocycles. The summed E-state index contributed by atoms with van der Waals surface area (Å²) in [5, 5.41) is 14.5. The van der Waals surface area contributed by atoms with Gasteiger partial charge in [-0.3, -0.25) is 4.79 Å². The van der Waals surface area contributed by atoms with Crippen LogP contribution in [0.3, 0.4) is 0 Å². The van der Waals surface area contributed by atoms with Crippen LogP contribution in [0.1, 0.15) is 23.4 Å². The molecule has 0 saturated heterocycles. The third-order valence-corrected chi connectivity index (χ3v) is 5.32. The molecule has 0 bridgehead atoms. The zero-order valence-corrected chi connectivity index (χ0v) is 16.9. The molecule has 0 unspecified atom stereocenters. The van der Waals surface area contributed by atoms with E-state index in [-0.39, 0.29) is 12.1 Å². The molecular weight excluding hydrogens is 431 g/mol. The Labute approximate surface area is 179 Å². The van der Waals surface area contributed by atoms with Gasteiger partial charge in [0.15, 0.2) is 0 Å². The number of benzene rings is 2. The quantitative estimate of drug-likeness (QED) is 0.420. The molecule has 0 spiro atoms. The summed E-state index contributed by atoms with van der Waals surface area (Å²) in [7, 11) is 0. The Hall–Kier alpha value is -3.40. The summed E-state index contributed by atoms with van der Waals surface area (Å²) >= 11 is 1.47. The number of thiazole rings is 1. The number of nitrogens with zero attached hydrogens (tertiary/aromatic N) is 1. The molecule has 0 radical (unpaired) electrons. The maximum absolute atomic E-state index is 12.8. The molecule has 3 N–H and O–H groups in total. The van der Waals surface area contributed by atoms with Crippen molar-refractivity contribution in [2.24, 2.45) is 0 Å². The van der Waals surface area contributed by atoms with Crippen LogP contribution in [0.15, 0.2) is 54.7 Å². The van der Waals surface area contributed by atoms with Crippen LogP contribution in [0.25, 0.3) is 10.4 Å². The van der Waals surface area contributed by atoms with Crippen molar-refractivity contribution in [1.29, 1.82) is 0 Å². The van der Waals surface area contributed by atoms with Gasteiger partial charge in [-0.15, -0.1) is 11.3 Å². The summed E-state index contributed by atoms with van der Waals surface area (Å²) in [5.41, 5.74) is 0.538. The van der Waals surface area contributed by atoms with Gasteiger partial charge in [-0.2, -0.15) is 13.2 Å². The van der Waals surface area contributed by atoms with Gasteiger partial charge < -0.3 is 15.7 Å². The lowest BCUT2D eigenvalue weighted by Gasteiger charge is -2.11. The summed E-state index contributed by atoms with van der Waals surface area (Å²) in [6.07, 6.45) is -1.57. The first-order chi connectivity index (χ1) is 14.7. The molecule has 1 aromatic heterocycles. The molecular formula is C21H18F3N3O3S. The number of nitrogens with one attached hydrogen (secondary N) is 2. The fourth-order valence-corrected chi connectivity index (χ4v) is 3.70. The molecule has 31 heavy (non-hydrogen) atoms. The number of carboxylic acids is 1. The van der Waals surface area contributed by atoms with Crippen LogP contribution in [0.2, 0.25) is 0 Å². The van der Waals surface area contributed by atoms with Crippen LogP contribution in [-0.2, 0) is 17.4 Å². The van der Waals surface area contributed by atoms with Gasteiger partial charge in [0.1, 0.15) is 0 Å². The number of hydrogen-bond acceptors (Lipinski definition) is 4. The van der Waals surface area contributed by atoms with E-state index in [0.29, 0.717) is 18.5 Å². The van der Waals surface area contributed by atoms with Gasteiger partial charge in [0.2, 0.25) is 0 Å². The third-order valence-electron chi connectivity index (χ3n) is 4.21. The summed E-state index contributed by atoms with van der Waals surface area (Å²) in [5.74, 6) is -0.836. The number of anilines is 2. The fraction of sp³-hybridized carbons (Fsp3) is 0.190. The van der Waals surface area contributed by atoms with Crippen molar-refractivity contribution in [2.45, 2.75) is 25.4 Å². The molecule has 0 aliphatic rings. The first-order valence-corrected chi connectivity index (χ1v) is 10.0. The molecule has 162 valence electrons. The molecule has 0 fully saturated rings. The lowest BCUT2D eigenvalue weighted by Crippen LogP contribution is -2.19. The molecule has 0 saturated carbocycles. The Morgan fingerprint density at radius 1 is 1.03 bits per heavy atom. The standard InChI is InChI=1S/C21H18F3N3O3S/c22-21(23,24)14-3-1-4-16(11-14)27-20(30)26-15-9-7-13(8-10-15)17-12-25-18(31-17)5-2-6-19(28)29/h1,3-4,7-12H,2,5-6H2,(H,28,29)(H2,26,27,30). The third kappa shape index (κ3) is 6.54. The Balaban J connectivity index is 1.58. The first-order valence-electron chi connectivity index (χ1n) is 9.23. The number of hydrogen-bond donors (Lipinski definition) is 3. The summed E-state index contributed by atoms with van der Waals surface area (Å²) in [6.45, 7) is 0. The van der Waals surface area contributed by atoms with Crippen molar-refractivity contribution in [1.82, 2.24) is 4.98 Å². The van der Waals surface area contributed by atoms with E-state index in [2.05, 4.69) is 15.6 Å². The minimum atomic E-state index is -4.49. The van der Waals surface area contributed by atoms with Gasteiger partial charge in [0.05, 0.1) is 15.4 Å². The summed E-state index contributed by atoms with van der Waals surface area (Å²) in [6, 6.07) is 10.6. The van der Waals surface area contributed by atoms with E-state index >= 15 is 0 Å². The number of halogens is 3. The van der Waals surface area contributed by atoms with Crippen LogP contribution < -0.4 is 10.6 Å². The second kappa shape index (κ2) is 9.61. The number of carbonyl (C=O) groups is 2. The van der Waals surface area contributed by atoms with Crippen molar-refractivity contribution in [3.05, 3.63) is 65.3 Å². The smallest absolute Gasteiger partial charge is 0.416 e. The highest BCUT2D eigenvalue weighted by Gasteiger charge is 2.30. The van der Waals surface area contributed by atoms with Gasteiger partial charge >= 0.3 is 18.2 Å². The molecule has 3 aromatic rings. The Morgan fingerprint density at radius 3 is 2.42 bits per heavy atom. The first kappa shape index (κ1) is 22.3. The van der Waals surface area contributed by atoms with Crippen molar-refractivity contribution in [2.75, 3.05) is 10.6 Å². The second-order valence-electron chi connectivity index (χ2n) is 6.60. The van der Waals surface area contributed by atoms with Gasteiger partial charge in [-0.25, -0.2) is 9.78 Å². The summed E-state index contributed by atoms with van der Waals surface area (Å²) in [4.78, 5) is 27.9. The van der Waals surface area contributed by atoms with Crippen LogP contribution in [-0.4, -0.2) is 22.1 Å². The van der Waals surface area contributed by atoms with Crippen LogP contribution in [0.5, 0.6) is 0 Å². The second-order valence-corrected chi connectivity index (χ2v) is 7.72. The van der Waals surface area contributed by atoms with E-state index in [4.69, 9.17) is 5.11 Å². The Kier molecular flexibility index (Phi) is 6.91. The van der Waals surface area contributed by atoms with E-state index in [1.54, 1.807) is 30.5 Å². The average molecular weight is 449 g/mol. The predicted octanol–water partition coefficient (Wildman–Crippen LogP) is 5.88. The highest BCUT2D eigenvalue weighted by atomic mass is 32.1. The van der Waals surface area contributed by atoms with E-state index in [1.807, 2.05) is 0 Å². The van der Waals surface area contributed by atoms with Crippen LogP contribution >= 0.6 is 11.3 Å². The van der Waals surface area contributed by atoms with Gasteiger partial charge in [-0.05, 0) is 48.7 Å². The van der Waals surface area contributed by atoms with E-state index in [9.17, 15) is 22.8 Å². The van der Waals surface area contributed by atoms with E-state index in [1.165, 1.54) is 23.5 Å². The van der Waals surface area contributed by atoms with Crippen molar-refractivity contribution >= 4 is 34.7 Å². The summed E-state index contributed by atoms with van der Waals surface area (Å²) < 4.78 is 38.3. The molecule has 10 heteroatoms. The maximum Gasteiger partial charge on any atom is 0.416 e. The lowest BCUT2D eigenvalue weighted by molar-refractivity contribution is -0.138. The number of carbonyl (C=O) groups excluding carboxylic acids is 1. The van der Waals surface area contributed by atoms with Gasteiger partial charge in [0.25, 0.3) is 0 Å². The van der Waals surface area contributed by atoms with Crippen LogP contribution in [0.4, 0.5) is 29.3 Å². The lowest BCUT2D eigenvalue weighted by atomic mass is 10.2. The Morgan fingerprint density at radius 2 is 1.74 bits per heavy atom. The maximum atomic E-state index is 12.8. The molecule has 3 rings (SSSR count). The molecule has 1 heterocycles. The zero-order chi connectivity index (χ0) is 22.4. The SMILES string of the molecule is O=C(O)CCCc1ncc(-c2ccc(NC(=O)Nc3cccc(C(F)(F)F)c3)cc2)s1. The number of rotatable bonds is 7. The number of carboxylic acid groups (broad SMARTS) is 1. The Bertz CT molecular complexity index is 1070. The van der Waals surface area contributed by atoms with Gasteiger partial charge in [-0.1, -0.05) is 18.2 Å². The molecule has 0 aliphatic heterocycles. The highest BCUT2D eigenvalue weighted by molar-refractivity contribution is 7.15. The number of urea groups is 1. The number of aromatic nitrogens is 1.